The average molecular weight is 390 g/mol. The van der Waals surface area contributed by atoms with Gasteiger partial charge in [-0.15, -0.1) is 11.3 Å². The number of amides is 2. The van der Waals surface area contributed by atoms with Gasteiger partial charge in [-0.2, -0.15) is 0 Å². The Morgan fingerprint density at radius 1 is 1.27 bits per heavy atom. The summed E-state index contributed by atoms with van der Waals surface area (Å²) in [6, 6.07) is 9.98. The molecule has 3 rings (SSSR count). The third-order valence-corrected chi connectivity index (χ3v) is 6.54. The number of nitrogens with zero attached hydrogens (tertiary/aromatic N) is 1. The molecule has 2 atom stereocenters. The summed E-state index contributed by atoms with van der Waals surface area (Å²) < 4.78 is 0.919. The van der Waals surface area contributed by atoms with Crippen LogP contribution in [0.1, 0.15) is 30.5 Å². The van der Waals surface area contributed by atoms with Crippen molar-refractivity contribution >= 4 is 34.9 Å². The predicted octanol–water partition coefficient (Wildman–Crippen LogP) is 3.14. The van der Waals surface area contributed by atoms with Gasteiger partial charge < -0.3 is 10.6 Å². The first-order chi connectivity index (χ1) is 12.6. The number of aryl methyl sites for hydroxylation is 1. The van der Waals surface area contributed by atoms with Crippen LogP contribution in [0.5, 0.6) is 0 Å². The summed E-state index contributed by atoms with van der Waals surface area (Å²) in [5.74, 6) is 0.448. The SMILES string of the molecule is Cc1csc(SCC(=O)N[C@H]2CC[C@@H](C(=O)NCc3ccccc3)C2)n1. The van der Waals surface area contributed by atoms with Crippen molar-refractivity contribution in [1.82, 2.24) is 15.6 Å². The minimum absolute atomic E-state index is 0.0122. The Kier molecular flexibility index (Phi) is 6.68. The van der Waals surface area contributed by atoms with E-state index in [0.717, 1.165) is 28.4 Å². The van der Waals surface area contributed by atoms with Crippen molar-refractivity contribution in [2.24, 2.45) is 5.92 Å². The minimum atomic E-state index is -0.0155. The number of carbonyl (C=O) groups is 2. The molecule has 1 fully saturated rings. The smallest absolute Gasteiger partial charge is 0.230 e. The second-order valence-electron chi connectivity index (χ2n) is 6.52. The first kappa shape index (κ1) is 18.9. The molecule has 1 saturated carbocycles. The molecule has 1 aromatic heterocycles. The summed E-state index contributed by atoms with van der Waals surface area (Å²) in [6.45, 7) is 2.50. The van der Waals surface area contributed by atoms with Crippen LogP contribution in [-0.2, 0) is 16.1 Å². The van der Waals surface area contributed by atoms with E-state index < -0.39 is 0 Å². The van der Waals surface area contributed by atoms with Crippen LogP contribution in [0.25, 0.3) is 0 Å². The van der Waals surface area contributed by atoms with E-state index in [2.05, 4.69) is 15.6 Å². The van der Waals surface area contributed by atoms with E-state index in [1.54, 1.807) is 11.3 Å². The fraction of sp³-hybridized carbons (Fsp3) is 0.421. The van der Waals surface area contributed by atoms with Crippen molar-refractivity contribution in [3.63, 3.8) is 0 Å². The molecule has 2 N–H and O–H groups in total. The zero-order valence-electron chi connectivity index (χ0n) is 14.7. The molecule has 0 aliphatic heterocycles. The second kappa shape index (κ2) is 9.19. The van der Waals surface area contributed by atoms with Crippen LogP contribution in [0.4, 0.5) is 0 Å². The Morgan fingerprint density at radius 2 is 2.08 bits per heavy atom. The summed E-state index contributed by atoms with van der Waals surface area (Å²) in [4.78, 5) is 28.8. The van der Waals surface area contributed by atoms with Crippen molar-refractivity contribution in [2.75, 3.05) is 5.75 Å². The fourth-order valence-electron chi connectivity index (χ4n) is 3.08. The highest BCUT2D eigenvalue weighted by molar-refractivity contribution is 8.01. The van der Waals surface area contributed by atoms with E-state index in [9.17, 15) is 9.59 Å². The molecule has 1 aromatic carbocycles. The third-order valence-electron chi connectivity index (χ3n) is 4.40. The van der Waals surface area contributed by atoms with E-state index in [-0.39, 0.29) is 23.8 Å². The highest BCUT2D eigenvalue weighted by Crippen LogP contribution is 2.26. The van der Waals surface area contributed by atoms with Crippen LogP contribution in [0.3, 0.4) is 0 Å². The van der Waals surface area contributed by atoms with Gasteiger partial charge in [-0.05, 0) is 31.7 Å². The van der Waals surface area contributed by atoms with Gasteiger partial charge in [-0.25, -0.2) is 4.98 Å². The lowest BCUT2D eigenvalue weighted by molar-refractivity contribution is -0.125. The molecule has 1 aliphatic rings. The van der Waals surface area contributed by atoms with Gasteiger partial charge in [-0.3, -0.25) is 9.59 Å². The Balaban J connectivity index is 1.37. The number of benzene rings is 1. The maximum atomic E-state index is 12.3. The monoisotopic (exact) mass is 389 g/mol. The summed E-state index contributed by atoms with van der Waals surface area (Å²) in [5.41, 5.74) is 2.08. The molecule has 1 aliphatic carbocycles. The largest absolute Gasteiger partial charge is 0.353 e. The Hall–Kier alpha value is -1.86. The number of hydrogen-bond donors (Lipinski definition) is 2. The maximum Gasteiger partial charge on any atom is 0.230 e. The molecule has 0 unspecified atom stereocenters. The zero-order chi connectivity index (χ0) is 18.4. The summed E-state index contributed by atoms with van der Waals surface area (Å²) in [7, 11) is 0. The molecule has 2 amide bonds. The minimum Gasteiger partial charge on any atom is -0.353 e. The molecule has 1 heterocycles. The number of aromatic nitrogens is 1. The van der Waals surface area contributed by atoms with Crippen LogP contribution < -0.4 is 10.6 Å². The second-order valence-corrected chi connectivity index (χ2v) is 8.60. The van der Waals surface area contributed by atoms with Gasteiger partial charge in [0.1, 0.15) is 0 Å². The van der Waals surface area contributed by atoms with Gasteiger partial charge in [0, 0.05) is 29.6 Å². The van der Waals surface area contributed by atoms with Crippen LogP contribution in [0, 0.1) is 12.8 Å². The molecular weight excluding hydrogens is 366 g/mol. The molecule has 5 nitrogen and oxygen atoms in total. The van der Waals surface area contributed by atoms with Crippen molar-refractivity contribution in [2.45, 2.75) is 43.1 Å². The quantitative estimate of drug-likeness (QED) is 0.714. The zero-order valence-corrected chi connectivity index (χ0v) is 16.4. The Labute approximate surface area is 162 Å². The highest BCUT2D eigenvalue weighted by atomic mass is 32.2. The molecule has 138 valence electrons. The van der Waals surface area contributed by atoms with Crippen LogP contribution in [0.15, 0.2) is 40.1 Å². The number of rotatable bonds is 7. The van der Waals surface area contributed by atoms with E-state index in [4.69, 9.17) is 0 Å². The number of hydrogen-bond acceptors (Lipinski definition) is 5. The number of nitrogens with one attached hydrogen (secondary N) is 2. The van der Waals surface area contributed by atoms with Crippen molar-refractivity contribution in [3.8, 4) is 0 Å². The first-order valence-electron chi connectivity index (χ1n) is 8.76. The van der Waals surface area contributed by atoms with Gasteiger partial charge in [0.15, 0.2) is 4.34 Å². The van der Waals surface area contributed by atoms with Crippen LogP contribution >= 0.6 is 23.1 Å². The van der Waals surface area contributed by atoms with E-state index >= 15 is 0 Å². The molecule has 7 heteroatoms. The molecular formula is C19H23N3O2S2. The molecule has 26 heavy (non-hydrogen) atoms. The molecule has 0 bridgehead atoms. The standard InChI is InChI=1S/C19H23N3O2S2/c1-13-11-25-19(21-13)26-12-17(23)22-16-8-7-15(9-16)18(24)20-10-14-5-3-2-4-6-14/h2-6,11,15-16H,7-10,12H2,1H3,(H,20,24)(H,22,23)/t15-,16+/m1/s1. The van der Waals surface area contributed by atoms with Crippen molar-refractivity contribution in [3.05, 3.63) is 47.0 Å². The average Bonchev–Trinajstić information content (AvgIpc) is 3.28. The third kappa shape index (κ3) is 5.57. The van der Waals surface area contributed by atoms with Gasteiger partial charge in [0.25, 0.3) is 0 Å². The number of thioether (sulfide) groups is 1. The molecule has 0 spiro atoms. The van der Waals surface area contributed by atoms with Crippen LogP contribution in [-0.4, -0.2) is 28.6 Å². The first-order valence-corrected chi connectivity index (χ1v) is 10.6. The Morgan fingerprint density at radius 3 is 2.81 bits per heavy atom. The maximum absolute atomic E-state index is 12.3. The van der Waals surface area contributed by atoms with Crippen LogP contribution in [0.2, 0.25) is 0 Å². The van der Waals surface area contributed by atoms with Gasteiger partial charge >= 0.3 is 0 Å². The Bertz CT molecular complexity index is 748. The van der Waals surface area contributed by atoms with Gasteiger partial charge in [-0.1, -0.05) is 42.1 Å². The summed E-state index contributed by atoms with van der Waals surface area (Å²) >= 11 is 3.02. The topological polar surface area (TPSA) is 71.1 Å². The molecule has 0 radical (unpaired) electrons. The lowest BCUT2D eigenvalue weighted by atomic mass is 10.1. The number of carbonyl (C=O) groups excluding carboxylic acids is 2. The predicted molar refractivity (Wildman–Crippen MR) is 105 cm³/mol. The van der Waals surface area contributed by atoms with Gasteiger partial charge in [0.05, 0.1) is 5.75 Å². The van der Waals surface area contributed by atoms with Crippen molar-refractivity contribution < 1.29 is 9.59 Å². The van der Waals surface area contributed by atoms with E-state index in [1.165, 1.54) is 11.8 Å². The van der Waals surface area contributed by atoms with Crippen molar-refractivity contribution in [1.29, 1.82) is 0 Å². The van der Waals surface area contributed by atoms with Gasteiger partial charge in [0.2, 0.25) is 11.8 Å². The van der Waals surface area contributed by atoms with E-state index in [0.29, 0.717) is 18.7 Å². The number of thiazole rings is 1. The molecule has 2 aromatic rings. The lowest BCUT2D eigenvalue weighted by Crippen LogP contribution is -2.35. The summed E-state index contributed by atoms with van der Waals surface area (Å²) in [5, 5.41) is 8.03. The fourth-order valence-corrected chi connectivity index (χ4v) is 4.74. The molecule has 0 saturated heterocycles. The van der Waals surface area contributed by atoms with E-state index in [1.807, 2.05) is 42.6 Å². The highest BCUT2D eigenvalue weighted by Gasteiger charge is 2.30. The summed E-state index contributed by atoms with van der Waals surface area (Å²) in [6.07, 6.45) is 2.40. The lowest BCUT2D eigenvalue weighted by Gasteiger charge is -2.13. The normalized spacial score (nSPS) is 19.3.